The molecule has 0 spiro atoms. The molecule has 2 rings (SSSR count). The maximum Gasteiger partial charge on any atom is 0.273 e. The number of imide groups is 1. The van der Waals surface area contributed by atoms with Crippen LogP contribution in [0, 0.1) is 0 Å². The molecule has 3 amide bonds. The van der Waals surface area contributed by atoms with Crippen LogP contribution in [0.2, 0.25) is 0 Å². The summed E-state index contributed by atoms with van der Waals surface area (Å²) in [6.45, 7) is 7.93. The van der Waals surface area contributed by atoms with Crippen LogP contribution in [0.5, 0.6) is 0 Å². The predicted molar refractivity (Wildman–Crippen MR) is 75.6 cm³/mol. The van der Waals surface area contributed by atoms with Crippen LogP contribution >= 0.6 is 0 Å². The lowest BCUT2D eigenvalue weighted by atomic mass is 10.1. The van der Waals surface area contributed by atoms with Crippen LogP contribution in [-0.4, -0.2) is 45.0 Å². The van der Waals surface area contributed by atoms with E-state index in [0.29, 0.717) is 12.2 Å². The number of piperazine rings is 1. The molecule has 114 valence electrons. The van der Waals surface area contributed by atoms with Crippen molar-refractivity contribution in [2.24, 2.45) is 0 Å². The van der Waals surface area contributed by atoms with Gasteiger partial charge in [-0.15, -0.1) is 0 Å². The number of rotatable bonds is 3. The maximum atomic E-state index is 12.6. The first-order valence-electron chi connectivity index (χ1n) is 7.07. The van der Waals surface area contributed by atoms with Gasteiger partial charge in [-0.1, -0.05) is 13.8 Å². The number of aromatic nitrogens is 2. The highest BCUT2D eigenvalue weighted by atomic mass is 16.2. The molecular formula is C14H20N4O3. The zero-order valence-electron chi connectivity index (χ0n) is 12.7. The van der Waals surface area contributed by atoms with E-state index in [1.807, 2.05) is 20.8 Å². The number of aryl methyl sites for hydroxylation is 1. The predicted octanol–water partition coefficient (Wildman–Crippen LogP) is 0.513. The number of hydrogen-bond acceptors (Lipinski definition) is 4. The van der Waals surface area contributed by atoms with Crippen molar-refractivity contribution in [3.63, 3.8) is 0 Å². The van der Waals surface area contributed by atoms with E-state index in [4.69, 9.17) is 0 Å². The zero-order chi connectivity index (χ0) is 15.7. The van der Waals surface area contributed by atoms with E-state index in [2.05, 4.69) is 10.4 Å². The van der Waals surface area contributed by atoms with Crippen molar-refractivity contribution in [2.75, 3.05) is 6.54 Å². The molecule has 1 aromatic heterocycles. The SMILES string of the molecule is CCn1nc(C(C)C)cc1C(=O)N1CC(=O)NC(=O)C1C. The van der Waals surface area contributed by atoms with Gasteiger partial charge in [-0.2, -0.15) is 5.10 Å². The summed E-state index contributed by atoms with van der Waals surface area (Å²) < 4.78 is 1.61. The highest BCUT2D eigenvalue weighted by molar-refractivity contribution is 6.06. The molecule has 0 aromatic carbocycles. The number of carbonyl (C=O) groups excluding carboxylic acids is 3. The van der Waals surface area contributed by atoms with Gasteiger partial charge in [-0.05, 0) is 25.8 Å². The normalized spacial score (nSPS) is 19.1. The van der Waals surface area contributed by atoms with Crippen molar-refractivity contribution < 1.29 is 14.4 Å². The van der Waals surface area contributed by atoms with Crippen LogP contribution in [0.3, 0.4) is 0 Å². The number of nitrogens with one attached hydrogen (secondary N) is 1. The molecule has 1 fully saturated rings. The van der Waals surface area contributed by atoms with E-state index >= 15 is 0 Å². The van der Waals surface area contributed by atoms with Gasteiger partial charge in [-0.25, -0.2) is 0 Å². The average Bonchev–Trinajstić information content (AvgIpc) is 2.86. The Labute approximate surface area is 123 Å². The summed E-state index contributed by atoms with van der Waals surface area (Å²) in [4.78, 5) is 37.1. The van der Waals surface area contributed by atoms with E-state index in [1.54, 1.807) is 17.7 Å². The van der Waals surface area contributed by atoms with Crippen LogP contribution < -0.4 is 5.32 Å². The summed E-state index contributed by atoms with van der Waals surface area (Å²) >= 11 is 0. The molecule has 21 heavy (non-hydrogen) atoms. The Morgan fingerprint density at radius 2 is 2.14 bits per heavy atom. The van der Waals surface area contributed by atoms with Crippen LogP contribution in [0.1, 0.15) is 49.8 Å². The molecule has 7 heteroatoms. The Morgan fingerprint density at radius 1 is 1.48 bits per heavy atom. The second kappa shape index (κ2) is 5.67. The Hall–Kier alpha value is -2.18. The molecule has 1 aliphatic heterocycles. The lowest BCUT2D eigenvalue weighted by Crippen LogP contribution is -2.58. The van der Waals surface area contributed by atoms with E-state index < -0.39 is 17.9 Å². The summed E-state index contributed by atoms with van der Waals surface area (Å²) in [6.07, 6.45) is 0. The third kappa shape index (κ3) is 2.81. The van der Waals surface area contributed by atoms with Crippen LogP contribution in [-0.2, 0) is 16.1 Å². The fraction of sp³-hybridized carbons (Fsp3) is 0.571. The first-order valence-corrected chi connectivity index (χ1v) is 7.07. The second-order valence-electron chi connectivity index (χ2n) is 5.45. The first kappa shape index (κ1) is 15.2. The Kier molecular flexibility index (Phi) is 4.11. The Bertz CT molecular complexity index is 591. The van der Waals surface area contributed by atoms with Crippen molar-refractivity contribution in [3.05, 3.63) is 17.5 Å². The fourth-order valence-corrected chi connectivity index (χ4v) is 2.24. The number of hydrogen-bond donors (Lipinski definition) is 1. The van der Waals surface area contributed by atoms with Crippen molar-refractivity contribution in [1.29, 1.82) is 0 Å². The van der Waals surface area contributed by atoms with Crippen molar-refractivity contribution in [1.82, 2.24) is 20.0 Å². The molecule has 1 atom stereocenters. The summed E-state index contributed by atoms with van der Waals surface area (Å²) in [7, 11) is 0. The summed E-state index contributed by atoms with van der Waals surface area (Å²) in [5.41, 5.74) is 1.23. The van der Waals surface area contributed by atoms with E-state index in [9.17, 15) is 14.4 Å². The standard InChI is InChI=1S/C14H20N4O3/c1-5-18-11(6-10(16-18)8(2)3)14(21)17-7-12(19)15-13(20)9(17)4/h6,8-9H,5,7H2,1-4H3,(H,15,19,20). The molecule has 1 aliphatic rings. The van der Waals surface area contributed by atoms with Crippen molar-refractivity contribution >= 4 is 17.7 Å². The number of nitrogens with zero attached hydrogens (tertiary/aromatic N) is 3. The quantitative estimate of drug-likeness (QED) is 0.823. The summed E-state index contributed by atoms with van der Waals surface area (Å²) in [5.74, 6) is -1.05. The summed E-state index contributed by atoms with van der Waals surface area (Å²) in [5, 5.41) is 6.61. The monoisotopic (exact) mass is 292 g/mol. The third-order valence-corrected chi connectivity index (χ3v) is 3.59. The first-order chi connectivity index (χ1) is 9.85. The fourth-order valence-electron chi connectivity index (χ4n) is 2.24. The number of amides is 3. The molecule has 1 saturated heterocycles. The minimum Gasteiger partial charge on any atom is -0.316 e. The van der Waals surface area contributed by atoms with E-state index in [0.717, 1.165) is 5.69 Å². The average molecular weight is 292 g/mol. The zero-order valence-corrected chi connectivity index (χ0v) is 12.7. The van der Waals surface area contributed by atoms with Crippen LogP contribution in [0.25, 0.3) is 0 Å². The molecule has 1 aromatic rings. The van der Waals surface area contributed by atoms with Gasteiger partial charge < -0.3 is 4.90 Å². The molecule has 7 nitrogen and oxygen atoms in total. The molecule has 2 heterocycles. The topological polar surface area (TPSA) is 84.3 Å². The van der Waals surface area contributed by atoms with E-state index in [1.165, 1.54) is 4.90 Å². The Morgan fingerprint density at radius 3 is 2.71 bits per heavy atom. The largest absolute Gasteiger partial charge is 0.316 e. The van der Waals surface area contributed by atoms with E-state index in [-0.39, 0.29) is 18.4 Å². The van der Waals surface area contributed by atoms with Crippen molar-refractivity contribution in [2.45, 2.75) is 46.2 Å². The van der Waals surface area contributed by atoms with Gasteiger partial charge in [0.1, 0.15) is 18.3 Å². The van der Waals surface area contributed by atoms with Crippen molar-refractivity contribution in [3.8, 4) is 0 Å². The molecule has 0 aliphatic carbocycles. The summed E-state index contributed by atoms with van der Waals surface area (Å²) in [6, 6.07) is 1.07. The minimum absolute atomic E-state index is 0.113. The van der Waals surface area contributed by atoms with Crippen LogP contribution in [0.4, 0.5) is 0 Å². The smallest absolute Gasteiger partial charge is 0.273 e. The molecule has 1 unspecified atom stereocenters. The van der Waals surface area contributed by atoms with Gasteiger partial charge in [0.2, 0.25) is 11.8 Å². The molecule has 0 saturated carbocycles. The van der Waals surface area contributed by atoms with Crippen LogP contribution in [0.15, 0.2) is 6.07 Å². The second-order valence-corrected chi connectivity index (χ2v) is 5.45. The lowest BCUT2D eigenvalue weighted by Gasteiger charge is -2.31. The third-order valence-electron chi connectivity index (χ3n) is 3.59. The highest BCUT2D eigenvalue weighted by Gasteiger charge is 2.35. The molecule has 0 bridgehead atoms. The van der Waals surface area contributed by atoms with Gasteiger partial charge in [0.05, 0.1) is 5.69 Å². The minimum atomic E-state index is -0.669. The van der Waals surface area contributed by atoms with Gasteiger partial charge in [0.25, 0.3) is 5.91 Å². The van der Waals surface area contributed by atoms with Gasteiger partial charge in [0.15, 0.2) is 0 Å². The molecular weight excluding hydrogens is 272 g/mol. The molecule has 0 radical (unpaired) electrons. The lowest BCUT2D eigenvalue weighted by molar-refractivity contribution is -0.138. The highest BCUT2D eigenvalue weighted by Crippen LogP contribution is 2.18. The van der Waals surface area contributed by atoms with Gasteiger partial charge in [-0.3, -0.25) is 24.4 Å². The van der Waals surface area contributed by atoms with Gasteiger partial charge >= 0.3 is 0 Å². The van der Waals surface area contributed by atoms with Gasteiger partial charge in [0, 0.05) is 6.54 Å². The Balaban J connectivity index is 2.34. The number of carbonyl (C=O) groups is 3. The molecule has 1 N–H and O–H groups in total. The maximum absolute atomic E-state index is 12.6.